The van der Waals surface area contributed by atoms with Gasteiger partial charge in [0.05, 0.1) is 17.8 Å². The zero-order chi connectivity index (χ0) is 18.6. The molecule has 27 heavy (non-hydrogen) atoms. The summed E-state index contributed by atoms with van der Waals surface area (Å²) in [6.45, 7) is 4.27. The fourth-order valence-electron chi connectivity index (χ4n) is 3.40. The van der Waals surface area contributed by atoms with E-state index in [1.807, 2.05) is 30.3 Å². The van der Waals surface area contributed by atoms with E-state index in [-0.39, 0.29) is 6.61 Å². The summed E-state index contributed by atoms with van der Waals surface area (Å²) in [5.41, 5.74) is 8.66. The normalized spacial score (nSPS) is 15.2. The summed E-state index contributed by atoms with van der Waals surface area (Å²) in [7, 11) is 0. The highest BCUT2D eigenvalue weighted by Gasteiger charge is 2.21. The molecule has 3 heterocycles. The second kappa shape index (κ2) is 7.73. The van der Waals surface area contributed by atoms with Gasteiger partial charge in [-0.1, -0.05) is 18.2 Å². The molecule has 8 nitrogen and oxygen atoms in total. The van der Waals surface area contributed by atoms with Gasteiger partial charge in [-0.25, -0.2) is 9.97 Å². The molecule has 1 aliphatic heterocycles. The molecule has 2 aromatic heterocycles. The van der Waals surface area contributed by atoms with Crippen LogP contribution in [0.3, 0.4) is 0 Å². The predicted molar refractivity (Wildman–Crippen MR) is 107 cm³/mol. The minimum atomic E-state index is 0.183. The van der Waals surface area contributed by atoms with Crippen molar-refractivity contribution in [1.29, 1.82) is 0 Å². The predicted octanol–water partition coefficient (Wildman–Crippen LogP) is 1.46. The first-order chi connectivity index (χ1) is 13.3. The van der Waals surface area contributed by atoms with Crippen LogP contribution >= 0.6 is 0 Å². The Kier molecular flexibility index (Phi) is 4.99. The lowest BCUT2D eigenvalue weighted by Crippen LogP contribution is -2.47. The van der Waals surface area contributed by atoms with Crippen molar-refractivity contribution >= 4 is 33.9 Å². The maximum absolute atomic E-state index is 9.09. The summed E-state index contributed by atoms with van der Waals surface area (Å²) in [5, 5.41) is 13.5. The van der Waals surface area contributed by atoms with Crippen LogP contribution in [0.1, 0.15) is 0 Å². The van der Waals surface area contributed by atoms with Crippen molar-refractivity contribution in [2.45, 2.75) is 0 Å². The molecule has 4 rings (SSSR count). The highest BCUT2D eigenvalue weighted by molar-refractivity contribution is 5.93. The third kappa shape index (κ3) is 3.62. The number of aromatic nitrogens is 3. The van der Waals surface area contributed by atoms with Crippen molar-refractivity contribution < 1.29 is 5.11 Å². The van der Waals surface area contributed by atoms with Gasteiger partial charge in [0.25, 0.3) is 0 Å². The summed E-state index contributed by atoms with van der Waals surface area (Å²) in [6.07, 6.45) is 3.31. The smallest absolute Gasteiger partial charge is 0.159 e. The van der Waals surface area contributed by atoms with Crippen molar-refractivity contribution in [3.05, 3.63) is 42.9 Å². The molecule has 0 amide bonds. The topological polar surface area (TPSA) is 103 Å². The van der Waals surface area contributed by atoms with E-state index in [0.717, 1.165) is 48.6 Å². The summed E-state index contributed by atoms with van der Waals surface area (Å²) >= 11 is 0. The molecule has 0 spiro atoms. The number of hydrogen-bond donors (Lipinski definition) is 3. The SMILES string of the molecule is Nc1c(Nc2cccc3cccnc23)ncnc1N1CCN(CCO)CC1. The number of benzene rings is 1. The average molecular weight is 365 g/mol. The van der Waals surface area contributed by atoms with Crippen molar-refractivity contribution in [3.63, 3.8) is 0 Å². The van der Waals surface area contributed by atoms with Gasteiger partial charge in [-0.05, 0) is 12.1 Å². The first-order valence-corrected chi connectivity index (χ1v) is 9.05. The van der Waals surface area contributed by atoms with Crippen LogP contribution in [-0.2, 0) is 0 Å². The fraction of sp³-hybridized carbons (Fsp3) is 0.316. The number of nitrogen functional groups attached to an aromatic ring is 1. The molecular weight excluding hydrogens is 342 g/mol. The minimum Gasteiger partial charge on any atom is -0.395 e. The van der Waals surface area contributed by atoms with E-state index in [9.17, 15) is 0 Å². The van der Waals surface area contributed by atoms with Crippen LogP contribution in [0.5, 0.6) is 0 Å². The van der Waals surface area contributed by atoms with Crippen molar-refractivity contribution in [2.24, 2.45) is 0 Å². The molecule has 4 N–H and O–H groups in total. The van der Waals surface area contributed by atoms with Crippen LogP contribution in [0.15, 0.2) is 42.9 Å². The molecule has 1 saturated heterocycles. The van der Waals surface area contributed by atoms with Crippen LogP contribution in [0.25, 0.3) is 10.9 Å². The Morgan fingerprint density at radius 3 is 2.67 bits per heavy atom. The van der Waals surface area contributed by atoms with Gasteiger partial charge in [-0.3, -0.25) is 9.88 Å². The van der Waals surface area contributed by atoms with E-state index in [0.29, 0.717) is 18.1 Å². The summed E-state index contributed by atoms with van der Waals surface area (Å²) < 4.78 is 0. The number of pyridine rings is 1. The quantitative estimate of drug-likeness (QED) is 0.624. The van der Waals surface area contributed by atoms with Crippen molar-refractivity contribution in [2.75, 3.05) is 55.3 Å². The third-order valence-electron chi connectivity index (χ3n) is 4.84. The Hall–Kier alpha value is -2.97. The number of para-hydroxylation sites is 1. The highest BCUT2D eigenvalue weighted by Crippen LogP contribution is 2.31. The van der Waals surface area contributed by atoms with Crippen LogP contribution in [0.4, 0.5) is 23.0 Å². The maximum Gasteiger partial charge on any atom is 0.159 e. The summed E-state index contributed by atoms with van der Waals surface area (Å²) in [6, 6.07) is 9.90. The molecule has 0 aliphatic carbocycles. The number of β-amino-alcohol motifs (C(OH)–C–C–N with tert-alkyl or cyclic N) is 1. The number of piperazine rings is 1. The molecule has 0 atom stereocenters. The number of aliphatic hydroxyl groups excluding tert-OH is 1. The number of hydrogen-bond acceptors (Lipinski definition) is 8. The van der Waals surface area contributed by atoms with Gasteiger partial charge >= 0.3 is 0 Å². The lowest BCUT2D eigenvalue weighted by molar-refractivity contribution is 0.188. The second-order valence-corrected chi connectivity index (χ2v) is 6.52. The van der Waals surface area contributed by atoms with E-state index in [1.54, 1.807) is 6.20 Å². The summed E-state index contributed by atoms with van der Waals surface area (Å²) in [4.78, 5) is 17.6. The van der Waals surface area contributed by atoms with E-state index in [2.05, 4.69) is 30.1 Å². The Morgan fingerprint density at radius 2 is 1.85 bits per heavy atom. The molecule has 8 heteroatoms. The molecule has 0 radical (unpaired) electrons. The lowest BCUT2D eigenvalue weighted by atomic mass is 10.2. The Bertz CT molecular complexity index is 920. The van der Waals surface area contributed by atoms with Crippen LogP contribution in [-0.4, -0.2) is 64.3 Å². The molecule has 3 aromatic rings. The third-order valence-corrected chi connectivity index (χ3v) is 4.84. The second-order valence-electron chi connectivity index (χ2n) is 6.52. The molecule has 0 bridgehead atoms. The zero-order valence-electron chi connectivity index (χ0n) is 15.0. The number of fused-ring (bicyclic) bond motifs is 1. The van der Waals surface area contributed by atoms with Crippen LogP contribution in [0, 0.1) is 0 Å². The Morgan fingerprint density at radius 1 is 1.04 bits per heavy atom. The van der Waals surface area contributed by atoms with E-state index in [1.165, 1.54) is 6.33 Å². The standard InChI is InChI=1S/C19H23N7O/c20-16-18(24-15-5-1-3-14-4-2-6-21-17(14)15)22-13-23-19(16)26-9-7-25(8-10-26)11-12-27/h1-6,13,27H,7-12,20H2,(H,22,23,24). The van der Waals surface area contributed by atoms with Gasteiger partial charge in [0.2, 0.25) is 0 Å². The van der Waals surface area contributed by atoms with Crippen molar-refractivity contribution in [1.82, 2.24) is 19.9 Å². The zero-order valence-corrected chi connectivity index (χ0v) is 15.0. The minimum absolute atomic E-state index is 0.183. The first-order valence-electron chi connectivity index (χ1n) is 9.05. The van der Waals surface area contributed by atoms with Gasteiger partial charge in [0.15, 0.2) is 11.6 Å². The number of aliphatic hydroxyl groups is 1. The van der Waals surface area contributed by atoms with E-state index < -0.39 is 0 Å². The molecule has 0 unspecified atom stereocenters. The van der Waals surface area contributed by atoms with Crippen molar-refractivity contribution in [3.8, 4) is 0 Å². The number of rotatable bonds is 5. The van der Waals surface area contributed by atoms with Crippen LogP contribution < -0.4 is 16.0 Å². The van der Waals surface area contributed by atoms with Gasteiger partial charge in [-0.15, -0.1) is 0 Å². The number of anilines is 4. The molecule has 140 valence electrons. The molecule has 1 fully saturated rings. The van der Waals surface area contributed by atoms with Gasteiger partial charge in [0.1, 0.15) is 12.0 Å². The van der Waals surface area contributed by atoms with Gasteiger partial charge in [0, 0.05) is 44.3 Å². The van der Waals surface area contributed by atoms with E-state index >= 15 is 0 Å². The molecule has 1 aromatic carbocycles. The van der Waals surface area contributed by atoms with E-state index in [4.69, 9.17) is 10.8 Å². The maximum atomic E-state index is 9.09. The van der Waals surface area contributed by atoms with Gasteiger partial charge < -0.3 is 21.1 Å². The summed E-state index contributed by atoms with van der Waals surface area (Å²) in [5.74, 6) is 1.32. The molecule has 1 aliphatic rings. The van der Waals surface area contributed by atoms with Gasteiger partial charge in [-0.2, -0.15) is 0 Å². The molecule has 0 saturated carbocycles. The fourth-order valence-corrected chi connectivity index (χ4v) is 3.40. The number of nitrogens with zero attached hydrogens (tertiary/aromatic N) is 5. The lowest BCUT2D eigenvalue weighted by Gasteiger charge is -2.35. The Balaban J connectivity index is 1.57. The number of nitrogens with one attached hydrogen (secondary N) is 1. The first kappa shape index (κ1) is 17.4. The molecular formula is C19H23N7O. The van der Waals surface area contributed by atoms with Crippen LogP contribution in [0.2, 0.25) is 0 Å². The Labute approximate surface area is 157 Å². The number of nitrogens with two attached hydrogens (primary N) is 1. The highest BCUT2D eigenvalue weighted by atomic mass is 16.3. The largest absolute Gasteiger partial charge is 0.395 e. The monoisotopic (exact) mass is 365 g/mol. The average Bonchev–Trinajstić information content (AvgIpc) is 2.71.